The lowest BCUT2D eigenvalue weighted by Crippen LogP contribution is -2.06. The molecule has 0 fully saturated rings. The Bertz CT molecular complexity index is 953. The van der Waals surface area contributed by atoms with Gasteiger partial charge in [-0.3, -0.25) is 9.59 Å². The Balaban J connectivity index is 0. The van der Waals surface area contributed by atoms with E-state index in [-0.39, 0.29) is 34.0 Å². The average molecular weight is 518 g/mol. The lowest BCUT2D eigenvalue weighted by Gasteiger charge is -2.05. The molecule has 0 bridgehead atoms. The first-order valence-electron chi connectivity index (χ1n) is 12.6. The zero-order chi connectivity index (χ0) is 28.1. The van der Waals surface area contributed by atoms with Gasteiger partial charge in [0.05, 0.1) is 31.9 Å². The van der Waals surface area contributed by atoms with E-state index in [0.717, 1.165) is 25.7 Å². The summed E-state index contributed by atoms with van der Waals surface area (Å²) >= 11 is 0. The van der Waals surface area contributed by atoms with Crippen molar-refractivity contribution in [2.24, 2.45) is 0 Å². The van der Waals surface area contributed by atoms with E-state index in [2.05, 4.69) is 14.5 Å². The fourth-order valence-corrected chi connectivity index (χ4v) is 2.85. The third-order valence-corrected chi connectivity index (χ3v) is 5.02. The number of carbonyl (C=O) groups is 4. The number of benzene rings is 2. The third-order valence-electron chi connectivity index (χ3n) is 5.02. The van der Waals surface area contributed by atoms with Gasteiger partial charge in [0.1, 0.15) is 0 Å². The van der Waals surface area contributed by atoms with Crippen LogP contribution in [0.2, 0.25) is 0 Å². The molecule has 196 valence electrons. The van der Waals surface area contributed by atoms with Gasteiger partial charge in [0.25, 0.3) is 0 Å². The minimum Gasteiger partial charge on any atom is -0.462 e. The van der Waals surface area contributed by atoms with E-state index in [1.165, 1.54) is 26.7 Å². The molecule has 36 heavy (non-hydrogen) atoms. The van der Waals surface area contributed by atoms with E-state index in [0.29, 0.717) is 35.5 Å². The predicted molar refractivity (Wildman–Crippen MR) is 150 cm³/mol. The number of hydrogen-bond acceptors (Lipinski definition) is 6. The van der Waals surface area contributed by atoms with Crippen molar-refractivity contribution in [2.45, 2.75) is 66.2 Å². The molecule has 0 spiro atoms. The van der Waals surface area contributed by atoms with Crippen LogP contribution in [-0.2, 0) is 9.47 Å². The summed E-state index contributed by atoms with van der Waals surface area (Å²) in [6.07, 6.45) is 6.21. The molecule has 1 unspecified atom stereocenters. The molecule has 0 aliphatic carbocycles. The Labute approximate surface area is 221 Å². The molecule has 0 saturated heterocycles. The highest BCUT2D eigenvalue weighted by atomic mass is 31.0. The number of Topliss-reactive ketones (excluding diaryl/α,β-unsaturated/α-hetero) is 2. The summed E-state index contributed by atoms with van der Waals surface area (Å²) in [6.45, 7) is 8.09. The second-order valence-electron chi connectivity index (χ2n) is 7.95. The maximum Gasteiger partial charge on any atom is 0.338 e. The quantitative estimate of drug-likeness (QED) is 0.103. The fraction of sp³-hybridized carbons (Fsp3) is 0.429. The van der Waals surface area contributed by atoms with Crippen molar-refractivity contribution in [3.8, 4) is 0 Å². The van der Waals surface area contributed by atoms with Gasteiger partial charge in [-0.2, -0.15) is 9.06 Å². The van der Waals surface area contributed by atoms with Gasteiger partial charge in [-0.25, -0.2) is 9.59 Å². The Morgan fingerprint density at radius 1 is 0.694 bits per heavy atom. The summed E-state index contributed by atoms with van der Waals surface area (Å²) in [5, 5.41) is 0. The number of unbranched alkanes of at least 4 members (excludes halogenated alkanes) is 4. The minimum absolute atomic E-state index is 0. The lowest BCUT2D eigenvalue weighted by molar-refractivity contribution is 0.0489. The van der Waals surface area contributed by atoms with Gasteiger partial charge in [-0.15, -0.1) is 0 Å². The summed E-state index contributed by atoms with van der Waals surface area (Å²) in [5.74, 6) is -0.662. The highest BCUT2D eigenvalue weighted by Crippen LogP contribution is 2.08. The first-order valence-corrected chi connectivity index (χ1v) is 12.7. The molecule has 2 aromatic carbocycles. The Morgan fingerprint density at radius 2 is 1.03 bits per heavy atom. The number of rotatable bonds is 12. The average Bonchev–Trinajstić information content (AvgIpc) is 2.89. The van der Waals surface area contributed by atoms with Gasteiger partial charge in [-0.1, -0.05) is 63.8 Å². The Hall–Kier alpha value is -2.79. The van der Waals surface area contributed by atoms with Gasteiger partial charge < -0.3 is 9.47 Å². The van der Waals surface area contributed by atoms with Crippen LogP contribution in [0.25, 0.3) is 0 Å². The van der Waals surface area contributed by atoms with Crippen molar-refractivity contribution < 1.29 is 30.1 Å². The molecule has 2 aromatic rings. The van der Waals surface area contributed by atoms with Crippen LogP contribution < -0.4 is 0 Å². The largest absolute Gasteiger partial charge is 0.462 e. The first-order chi connectivity index (χ1) is 17.7. The summed E-state index contributed by atoms with van der Waals surface area (Å²) in [7, 11) is 4.38. The van der Waals surface area contributed by atoms with E-state index in [4.69, 9.17) is 10.8 Å². The van der Waals surface area contributed by atoms with E-state index in [9.17, 15) is 19.2 Å². The molecule has 0 aromatic heterocycles. The van der Waals surface area contributed by atoms with E-state index in [1.807, 2.05) is 6.92 Å². The standard InChI is InChI=1S/C15H20O3.C13H16O3.BH2P.H2/c1-3-4-5-6-11-18-15(17)14-9-7-13(8-10-14)12(2)16;1-3-4-9-16-13(15)12-7-5-11(6-8-12)10(2)14;1-2;/h7-10H,3-6,11H2,1-2H3;5-8H,3-4,9H2,1-2H3;2H2;1H/i;;2T;1+2. The topological polar surface area (TPSA) is 86.7 Å². The zero-order valence-corrected chi connectivity index (χ0v) is 22.8. The van der Waals surface area contributed by atoms with Crippen LogP contribution >= 0.6 is 9.06 Å². The Morgan fingerprint density at radius 3 is 1.36 bits per heavy atom. The van der Waals surface area contributed by atoms with E-state index >= 15 is 0 Å². The van der Waals surface area contributed by atoms with Crippen molar-refractivity contribution in [1.82, 2.24) is 0 Å². The van der Waals surface area contributed by atoms with Gasteiger partial charge in [0.15, 0.2) is 11.6 Å². The van der Waals surface area contributed by atoms with E-state index < -0.39 is 0 Å². The smallest absolute Gasteiger partial charge is 0.338 e. The van der Waals surface area contributed by atoms with Gasteiger partial charge in [-0.05, 0) is 51.0 Å². The highest BCUT2D eigenvalue weighted by molar-refractivity contribution is 7.49. The number of ketones is 2. The molecule has 2 radical (unpaired) electrons. The molecule has 8 heteroatoms. The molecule has 0 N–H and O–H groups in total. The molecule has 1 atom stereocenters. The second kappa shape index (κ2) is 20.4. The molecule has 0 aliphatic rings. The van der Waals surface area contributed by atoms with Crippen molar-refractivity contribution >= 4 is 40.1 Å². The van der Waals surface area contributed by atoms with Crippen LogP contribution in [0.1, 0.15) is 109 Å². The summed E-state index contributed by atoms with van der Waals surface area (Å²) < 4.78 is 16.2. The van der Waals surface area contributed by atoms with Crippen LogP contribution in [0.15, 0.2) is 48.5 Å². The molecule has 0 aliphatic heterocycles. The van der Waals surface area contributed by atoms with Gasteiger partial charge in [0, 0.05) is 13.8 Å². The van der Waals surface area contributed by atoms with Crippen LogP contribution in [0, 0.1) is 0 Å². The van der Waals surface area contributed by atoms with Crippen LogP contribution in [-0.4, -0.2) is 45.6 Å². The SMILES string of the molecule is CCCCCCOC(=O)c1ccc(C(C)=O)cc1.CCCCOC(=O)c1ccc(C(C)=O)cc1.[3HH].[3H]P[B]. The maximum absolute atomic E-state index is 11.7. The predicted octanol–water partition coefficient (Wildman–Crippen LogP) is 6.66. The molecule has 0 heterocycles. The van der Waals surface area contributed by atoms with Gasteiger partial charge >= 0.3 is 11.9 Å². The minimum atomic E-state index is -0.330. The fourth-order valence-electron chi connectivity index (χ4n) is 2.85. The molecule has 0 amide bonds. The zero-order valence-electron chi connectivity index (χ0n) is 22.8. The molecular formula is C28H40BO6P. The van der Waals surface area contributed by atoms with Crippen molar-refractivity contribution in [2.75, 3.05) is 13.2 Å². The monoisotopic (exact) mass is 518 g/mol. The third kappa shape index (κ3) is 13.9. The van der Waals surface area contributed by atoms with E-state index in [1.54, 1.807) is 48.5 Å². The summed E-state index contributed by atoms with van der Waals surface area (Å²) in [6, 6.07) is 13.1. The summed E-state index contributed by atoms with van der Waals surface area (Å²) in [5.41, 5.74) is 2.19. The molecule has 2 rings (SSSR count). The summed E-state index contributed by atoms with van der Waals surface area (Å²) in [4.78, 5) is 45.2. The maximum atomic E-state index is 11.7. The molecule has 6 nitrogen and oxygen atoms in total. The number of carbonyl (C=O) groups excluding carboxylic acids is 4. The number of hydrogen-bond donors (Lipinski definition) is 0. The normalized spacial score (nSPS) is 10.3. The van der Waals surface area contributed by atoms with Crippen LogP contribution in [0.4, 0.5) is 0 Å². The highest BCUT2D eigenvalue weighted by Gasteiger charge is 2.08. The second-order valence-corrected chi connectivity index (χ2v) is 7.95. The van der Waals surface area contributed by atoms with Crippen LogP contribution in [0.3, 0.4) is 0 Å². The first kappa shape index (κ1) is 31.2. The number of esters is 2. The lowest BCUT2D eigenvalue weighted by atomic mass is 10.1. The molecular weight excluding hydrogens is 474 g/mol. The molecule has 0 saturated carbocycles. The van der Waals surface area contributed by atoms with Crippen molar-refractivity contribution in [3.63, 3.8) is 0 Å². The van der Waals surface area contributed by atoms with Crippen molar-refractivity contribution in [1.29, 1.82) is 1.28 Å². The Kier molecular flexibility index (Phi) is 17.7. The van der Waals surface area contributed by atoms with Crippen molar-refractivity contribution in [3.05, 3.63) is 70.8 Å². The van der Waals surface area contributed by atoms with Gasteiger partial charge in [0.2, 0.25) is 0 Å². The van der Waals surface area contributed by atoms with Crippen LogP contribution in [0.5, 0.6) is 0 Å². The number of ether oxygens (including phenoxy) is 2.